The Labute approximate surface area is 156 Å². The van der Waals surface area contributed by atoms with Crippen LogP contribution < -0.4 is 4.74 Å². The van der Waals surface area contributed by atoms with E-state index in [0.717, 1.165) is 44.1 Å². The molecule has 1 atom stereocenters. The van der Waals surface area contributed by atoms with Gasteiger partial charge in [-0.3, -0.25) is 9.69 Å². The Morgan fingerprint density at radius 1 is 1.19 bits per heavy atom. The van der Waals surface area contributed by atoms with Crippen LogP contribution in [0.1, 0.15) is 29.2 Å². The van der Waals surface area contributed by atoms with E-state index in [9.17, 15) is 13.6 Å². The summed E-state index contributed by atoms with van der Waals surface area (Å²) < 4.78 is 37.4. The van der Waals surface area contributed by atoms with Crippen LogP contribution in [0, 0.1) is 17.6 Å². The lowest BCUT2D eigenvalue weighted by Crippen LogP contribution is -2.51. The average molecular weight is 373 g/mol. The molecule has 0 aromatic heterocycles. The number of likely N-dealkylation sites (tertiary alicyclic amines) is 1. The monoisotopic (exact) mass is 373 g/mol. The Morgan fingerprint density at radius 2 is 2.00 bits per heavy atom. The zero-order valence-electron chi connectivity index (χ0n) is 15.1. The van der Waals surface area contributed by atoms with Crippen LogP contribution in [0.3, 0.4) is 0 Å². The van der Waals surface area contributed by atoms with Crippen LogP contribution in [0.5, 0.6) is 5.75 Å². The van der Waals surface area contributed by atoms with E-state index in [1.165, 1.54) is 18.2 Å². The highest BCUT2D eigenvalue weighted by atomic mass is 19.1. The minimum atomic E-state index is -0.480. The number of nitrogens with zero attached hydrogens (tertiary/aromatic N) is 1. The number of aryl methyl sites for hydroxylation is 1. The number of esters is 1. The van der Waals surface area contributed by atoms with E-state index in [4.69, 9.17) is 9.47 Å². The highest BCUT2D eigenvalue weighted by Gasteiger charge is 2.40. The number of carbonyl (C=O) groups is 1. The predicted octanol–water partition coefficient (Wildman–Crippen LogP) is 3.64. The average Bonchev–Trinajstić information content (AvgIpc) is 3.04. The van der Waals surface area contributed by atoms with Crippen LogP contribution in [-0.4, -0.2) is 31.1 Å². The Balaban J connectivity index is 1.40. The van der Waals surface area contributed by atoms with Gasteiger partial charge in [0, 0.05) is 24.7 Å². The Morgan fingerprint density at radius 3 is 2.78 bits per heavy atom. The van der Waals surface area contributed by atoms with Gasteiger partial charge in [0.25, 0.3) is 0 Å². The van der Waals surface area contributed by atoms with Crippen LogP contribution in [0.2, 0.25) is 0 Å². The fraction of sp³-hybridized carbons (Fsp3) is 0.381. The molecule has 2 aromatic rings. The van der Waals surface area contributed by atoms with E-state index < -0.39 is 11.6 Å². The molecule has 0 saturated carbocycles. The van der Waals surface area contributed by atoms with Crippen molar-refractivity contribution in [2.24, 2.45) is 5.92 Å². The summed E-state index contributed by atoms with van der Waals surface area (Å²) in [4.78, 5) is 13.9. The smallest absolute Gasteiger partial charge is 0.311 e. The van der Waals surface area contributed by atoms with Gasteiger partial charge < -0.3 is 9.47 Å². The molecule has 4 rings (SSSR count). The number of ether oxygens (including phenoxy) is 2. The summed E-state index contributed by atoms with van der Waals surface area (Å²) >= 11 is 0. The van der Waals surface area contributed by atoms with Crippen molar-refractivity contribution in [1.29, 1.82) is 0 Å². The molecular weight excluding hydrogens is 352 g/mol. The summed E-state index contributed by atoms with van der Waals surface area (Å²) in [6, 6.07) is 9.55. The van der Waals surface area contributed by atoms with Crippen molar-refractivity contribution in [1.82, 2.24) is 4.90 Å². The Kier molecular flexibility index (Phi) is 4.83. The van der Waals surface area contributed by atoms with Crippen molar-refractivity contribution in [2.45, 2.75) is 25.5 Å². The summed E-state index contributed by atoms with van der Waals surface area (Å²) in [5.41, 5.74) is 2.66. The van der Waals surface area contributed by atoms with E-state index in [-0.39, 0.29) is 24.1 Å². The molecular formula is C21H21F2NO3. The molecule has 27 heavy (non-hydrogen) atoms. The Bertz CT molecular complexity index is 865. The van der Waals surface area contributed by atoms with Gasteiger partial charge in [-0.25, -0.2) is 8.78 Å². The Hall–Kier alpha value is -2.47. The maximum atomic E-state index is 13.7. The number of fused-ring (bicyclic) bond motifs is 1. The SMILES string of the molecule is COC(=O)C1CN(C2CCc3cc(OCc4cc(F)ccc4F)ccc32)C1. The molecule has 1 fully saturated rings. The van der Waals surface area contributed by atoms with Gasteiger partial charge in [0.1, 0.15) is 24.0 Å². The van der Waals surface area contributed by atoms with Crippen LogP contribution in [0.25, 0.3) is 0 Å². The second-order valence-electron chi connectivity index (χ2n) is 7.11. The zero-order chi connectivity index (χ0) is 19.0. The molecule has 1 saturated heterocycles. The normalized spacial score (nSPS) is 19.4. The fourth-order valence-corrected chi connectivity index (χ4v) is 3.94. The van der Waals surface area contributed by atoms with E-state index in [1.54, 1.807) is 0 Å². The van der Waals surface area contributed by atoms with Crippen molar-refractivity contribution in [3.05, 3.63) is 64.7 Å². The fourth-order valence-electron chi connectivity index (χ4n) is 3.94. The largest absolute Gasteiger partial charge is 0.489 e. The molecule has 0 spiro atoms. The van der Waals surface area contributed by atoms with E-state index in [2.05, 4.69) is 4.90 Å². The van der Waals surface area contributed by atoms with Crippen molar-refractivity contribution in [3.63, 3.8) is 0 Å². The first-order valence-corrected chi connectivity index (χ1v) is 9.06. The third kappa shape index (κ3) is 3.54. The first kappa shape index (κ1) is 17.9. The minimum absolute atomic E-state index is 0.0151. The maximum absolute atomic E-state index is 13.7. The lowest BCUT2D eigenvalue weighted by atomic mass is 9.95. The van der Waals surface area contributed by atoms with Crippen molar-refractivity contribution < 1.29 is 23.0 Å². The number of hydrogen-bond donors (Lipinski definition) is 0. The predicted molar refractivity (Wildman–Crippen MR) is 95.3 cm³/mol. The molecule has 0 bridgehead atoms. The van der Waals surface area contributed by atoms with Gasteiger partial charge in [-0.15, -0.1) is 0 Å². The van der Waals surface area contributed by atoms with E-state index >= 15 is 0 Å². The van der Waals surface area contributed by atoms with Crippen LogP contribution >= 0.6 is 0 Å². The van der Waals surface area contributed by atoms with Gasteiger partial charge in [-0.05, 0) is 54.3 Å². The molecule has 1 aliphatic heterocycles. The van der Waals surface area contributed by atoms with Crippen LogP contribution in [0.4, 0.5) is 8.78 Å². The molecule has 1 aliphatic carbocycles. The summed E-state index contributed by atoms with van der Waals surface area (Å²) in [6.45, 7) is 1.44. The molecule has 6 heteroatoms. The third-order valence-corrected chi connectivity index (χ3v) is 5.45. The molecule has 1 unspecified atom stereocenters. The number of hydrogen-bond acceptors (Lipinski definition) is 4. The molecule has 0 radical (unpaired) electrons. The van der Waals surface area contributed by atoms with E-state index in [0.29, 0.717) is 11.8 Å². The quantitative estimate of drug-likeness (QED) is 0.751. The molecule has 0 amide bonds. The summed E-state index contributed by atoms with van der Waals surface area (Å²) in [7, 11) is 1.42. The number of halogens is 2. The zero-order valence-corrected chi connectivity index (χ0v) is 15.1. The number of methoxy groups -OCH3 is 1. The van der Waals surface area contributed by atoms with Crippen LogP contribution in [-0.2, 0) is 22.6 Å². The number of rotatable bonds is 5. The van der Waals surface area contributed by atoms with E-state index in [1.807, 2.05) is 18.2 Å². The van der Waals surface area contributed by atoms with Crippen molar-refractivity contribution in [2.75, 3.05) is 20.2 Å². The van der Waals surface area contributed by atoms with Gasteiger partial charge in [0.15, 0.2) is 0 Å². The highest BCUT2D eigenvalue weighted by Crippen LogP contribution is 2.40. The summed E-state index contributed by atoms with van der Waals surface area (Å²) in [5, 5.41) is 0. The molecule has 0 N–H and O–H groups in total. The number of benzene rings is 2. The first-order chi connectivity index (χ1) is 13.0. The molecule has 2 aliphatic rings. The lowest BCUT2D eigenvalue weighted by molar-refractivity contribution is -0.152. The molecule has 4 nitrogen and oxygen atoms in total. The maximum Gasteiger partial charge on any atom is 0.311 e. The standard InChI is InChI=1S/C21H21F2NO3/c1-26-21(25)15-10-24(11-15)20-7-2-13-9-17(4-5-18(13)20)27-12-14-8-16(22)3-6-19(14)23/h3-6,8-9,15,20H,2,7,10-12H2,1H3. The second kappa shape index (κ2) is 7.27. The number of carbonyl (C=O) groups excluding carboxylic acids is 1. The topological polar surface area (TPSA) is 38.8 Å². The highest BCUT2D eigenvalue weighted by molar-refractivity contribution is 5.73. The minimum Gasteiger partial charge on any atom is -0.489 e. The van der Waals surface area contributed by atoms with Gasteiger partial charge >= 0.3 is 5.97 Å². The van der Waals surface area contributed by atoms with Crippen LogP contribution in [0.15, 0.2) is 36.4 Å². The lowest BCUT2D eigenvalue weighted by Gasteiger charge is -2.41. The summed E-state index contributed by atoms with van der Waals surface area (Å²) in [5.74, 6) is -0.475. The van der Waals surface area contributed by atoms with Gasteiger partial charge in [-0.2, -0.15) is 0 Å². The summed E-state index contributed by atoms with van der Waals surface area (Å²) in [6.07, 6.45) is 1.94. The third-order valence-electron chi connectivity index (χ3n) is 5.45. The van der Waals surface area contributed by atoms with Crippen molar-refractivity contribution in [3.8, 4) is 5.75 Å². The van der Waals surface area contributed by atoms with Gasteiger partial charge in [-0.1, -0.05) is 6.07 Å². The first-order valence-electron chi connectivity index (χ1n) is 9.06. The van der Waals surface area contributed by atoms with Gasteiger partial charge in [0.05, 0.1) is 13.0 Å². The molecule has 2 aromatic carbocycles. The molecule has 1 heterocycles. The second-order valence-corrected chi connectivity index (χ2v) is 7.11. The van der Waals surface area contributed by atoms with Gasteiger partial charge in [0.2, 0.25) is 0 Å². The van der Waals surface area contributed by atoms with Crippen molar-refractivity contribution >= 4 is 5.97 Å². The molecule has 142 valence electrons.